The molecule has 1 aliphatic rings. The lowest BCUT2D eigenvalue weighted by Crippen LogP contribution is -2.44. The van der Waals surface area contributed by atoms with Crippen LogP contribution in [0.2, 0.25) is 0 Å². The standard InChI is InChI=1S/C16H30N2O/c1-6-18(11-13(2)3)12-16(19)17(5)15-9-7-14(4)8-10-15/h14-15H,2,6-12H2,1,3-5H3. The van der Waals surface area contributed by atoms with Gasteiger partial charge < -0.3 is 4.90 Å². The minimum Gasteiger partial charge on any atom is -0.342 e. The highest BCUT2D eigenvalue weighted by atomic mass is 16.2. The van der Waals surface area contributed by atoms with Crippen molar-refractivity contribution in [3.05, 3.63) is 12.2 Å². The molecule has 1 rings (SSSR count). The monoisotopic (exact) mass is 266 g/mol. The molecule has 0 unspecified atom stereocenters. The Labute approximate surface area is 118 Å². The van der Waals surface area contributed by atoms with Gasteiger partial charge in [0.15, 0.2) is 0 Å². The number of nitrogens with zero attached hydrogens (tertiary/aromatic N) is 2. The van der Waals surface area contributed by atoms with Crippen molar-refractivity contribution < 1.29 is 4.79 Å². The lowest BCUT2D eigenvalue weighted by atomic mass is 9.87. The van der Waals surface area contributed by atoms with E-state index in [4.69, 9.17) is 0 Å². The molecule has 1 amide bonds. The molecule has 110 valence electrons. The zero-order chi connectivity index (χ0) is 14.4. The van der Waals surface area contributed by atoms with Crippen molar-refractivity contribution in [2.24, 2.45) is 5.92 Å². The first kappa shape index (κ1) is 16.2. The summed E-state index contributed by atoms with van der Waals surface area (Å²) in [6.07, 6.45) is 4.84. The van der Waals surface area contributed by atoms with Crippen LogP contribution in [0.3, 0.4) is 0 Å². The number of hydrogen-bond acceptors (Lipinski definition) is 2. The SMILES string of the molecule is C=C(C)CN(CC)CC(=O)N(C)C1CCC(C)CC1. The molecule has 0 bridgehead atoms. The van der Waals surface area contributed by atoms with E-state index in [1.807, 2.05) is 18.9 Å². The van der Waals surface area contributed by atoms with Crippen LogP contribution in [-0.2, 0) is 4.79 Å². The lowest BCUT2D eigenvalue weighted by Gasteiger charge is -2.34. The van der Waals surface area contributed by atoms with E-state index < -0.39 is 0 Å². The number of hydrogen-bond donors (Lipinski definition) is 0. The Morgan fingerprint density at radius 2 is 1.79 bits per heavy atom. The molecule has 0 saturated heterocycles. The summed E-state index contributed by atoms with van der Waals surface area (Å²) in [5, 5.41) is 0. The maximum atomic E-state index is 12.3. The van der Waals surface area contributed by atoms with Crippen molar-refractivity contribution in [2.75, 3.05) is 26.7 Å². The molecular formula is C16H30N2O. The molecule has 0 aliphatic heterocycles. The topological polar surface area (TPSA) is 23.6 Å². The number of amides is 1. The second kappa shape index (κ2) is 7.68. The third-order valence-electron chi connectivity index (χ3n) is 4.23. The largest absolute Gasteiger partial charge is 0.342 e. The van der Waals surface area contributed by atoms with E-state index >= 15 is 0 Å². The predicted octanol–water partition coefficient (Wildman–Crippen LogP) is 2.92. The van der Waals surface area contributed by atoms with Crippen molar-refractivity contribution in [1.29, 1.82) is 0 Å². The third kappa shape index (κ3) is 5.35. The van der Waals surface area contributed by atoms with E-state index in [9.17, 15) is 4.79 Å². The number of carbonyl (C=O) groups is 1. The molecule has 0 aromatic carbocycles. The fourth-order valence-electron chi connectivity index (χ4n) is 2.80. The minimum atomic E-state index is 0.252. The van der Waals surface area contributed by atoms with Gasteiger partial charge in [-0.25, -0.2) is 0 Å². The van der Waals surface area contributed by atoms with Crippen LogP contribution < -0.4 is 0 Å². The van der Waals surface area contributed by atoms with Crippen molar-refractivity contribution in [1.82, 2.24) is 9.80 Å². The maximum absolute atomic E-state index is 12.3. The van der Waals surface area contributed by atoms with E-state index in [1.165, 1.54) is 12.8 Å². The van der Waals surface area contributed by atoms with E-state index in [0.29, 0.717) is 12.6 Å². The van der Waals surface area contributed by atoms with Crippen LogP contribution in [0.1, 0.15) is 46.5 Å². The number of rotatable bonds is 6. The van der Waals surface area contributed by atoms with Crippen LogP contribution in [0.4, 0.5) is 0 Å². The van der Waals surface area contributed by atoms with Gasteiger partial charge in [-0.1, -0.05) is 26.0 Å². The molecule has 0 radical (unpaired) electrons. The number of likely N-dealkylation sites (N-methyl/N-ethyl adjacent to an activating group) is 2. The molecule has 0 atom stereocenters. The van der Waals surface area contributed by atoms with Gasteiger partial charge in [0.1, 0.15) is 0 Å². The summed E-state index contributed by atoms with van der Waals surface area (Å²) >= 11 is 0. The van der Waals surface area contributed by atoms with Crippen LogP contribution in [0.5, 0.6) is 0 Å². The molecule has 3 heteroatoms. The zero-order valence-corrected chi connectivity index (χ0v) is 13.1. The second-order valence-electron chi connectivity index (χ2n) is 6.18. The van der Waals surface area contributed by atoms with Crippen molar-refractivity contribution in [2.45, 2.75) is 52.5 Å². The summed E-state index contributed by atoms with van der Waals surface area (Å²) in [7, 11) is 1.97. The van der Waals surface area contributed by atoms with Gasteiger partial charge >= 0.3 is 0 Å². The van der Waals surface area contributed by atoms with Gasteiger partial charge in [0.05, 0.1) is 6.54 Å². The molecule has 0 N–H and O–H groups in total. The van der Waals surface area contributed by atoms with E-state index in [-0.39, 0.29) is 5.91 Å². The average molecular weight is 266 g/mol. The first-order chi connectivity index (χ1) is 8.93. The Hall–Kier alpha value is -0.830. The Bertz CT molecular complexity index is 306. The normalized spacial score (nSPS) is 23.4. The molecule has 1 saturated carbocycles. The Morgan fingerprint density at radius 1 is 1.21 bits per heavy atom. The van der Waals surface area contributed by atoms with Gasteiger partial charge in [-0.2, -0.15) is 0 Å². The van der Waals surface area contributed by atoms with Crippen LogP contribution in [0, 0.1) is 5.92 Å². The summed E-state index contributed by atoms with van der Waals surface area (Å²) < 4.78 is 0. The molecule has 1 aliphatic carbocycles. The molecule has 19 heavy (non-hydrogen) atoms. The Balaban J connectivity index is 2.45. The van der Waals surface area contributed by atoms with E-state index in [2.05, 4.69) is 25.3 Å². The van der Waals surface area contributed by atoms with Gasteiger partial charge in [0.25, 0.3) is 0 Å². The van der Waals surface area contributed by atoms with Crippen molar-refractivity contribution in [3.63, 3.8) is 0 Å². The number of carbonyl (C=O) groups excluding carboxylic acids is 1. The summed E-state index contributed by atoms with van der Waals surface area (Å²) in [6.45, 7) is 12.6. The van der Waals surface area contributed by atoms with Crippen LogP contribution >= 0.6 is 0 Å². The predicted molar refractivity (Wildman–Crippen MR) is 81.1 cm³/mol. The molecular weight excluding hydrogens is 236 g/mol. The maximum Gasteiger partial charge on any atom is 0.236 e. The zero-order valence-electron chi connectivity index (χ0n) is 13.1. The van der Waals surface area contributed by atoms with Gasteiger partial charge in [-0.15, -0.1) is 0 Å². The van der Waals surface area contributed by atoms with Crippen LogP contribution in [0.15, 0.2) is 12.2 Å². The summed E-state index contributed by atoms with van der Waals surface area (Å²) in [5.41, 5.74) is 1.11. The summed E-state index contributed by atoms with van der Waals surface area (Å²) in [5.74, 6) is 1.08. The van der Waals surface area contributed by atoms with Gasteiger partial charge in [0.2, 0.25) is 5.91 Å². The highest BCUT2D eigenvalue weighted by Crippen LogP contribution is 2.26. The summed E-state index contributed by atoms with van der Waals surface area (Å²) in [6, 6.07) is 0.451. The first-order valence-corrected chi connectivity index (χ1v) is 7.56. The first-order valence-electron chi connectivity index (χ1n) is 7.56. The van der Waals surface area contributed by atoms with Crippen LogP contribution in [0.25, 0.3) is 0 Å². The fraction of sp³-hybridized carbons (Fsp3) is 0.812. The van der Waals surface area contributed by atoms with Crippen molar-refractivity contribution in [3.8, 4) is 0 Å². The highest BCUT2D eigenvalue weighted by Gasteiger charge is 2.25. The van der Waals surface area contributed by atoms with E-state index in [1.54, 1.807) is 0 Å². The molecule has 0 heterocycles. The molecule has 1 fully saturated rings. The van der Waals surface area contributed by atoms with Gasteiger partial charge in [-0.05, 0) is 45.1 Å². The average Bonchev–Trinajstić information content (AvgIpc) is 2.37. The molecule has 0 aromatic heterocycles. The lowest BCUT2D eigenvalue weighted by molar-refractivity contribution is -0.133. The Morgan fingerprint density at radius 3 is 2.26 bits per heavy atom. The quantitative estimate of drug-likeness (QED) is 0.690. The highest BCUT2D eigenvalue weighted by molar-refractivity contribution is 5.78. The smallest absolute Gasteiger partial charge is 0.236 e. The van der Waals surface area contributed by atoms with Crippen molar-refractivity contribution >= 4 is 5.91 Å². The molecule has 3 nitrogen and oxygen atoms in total. The fourth-order valence-corrected chi connectivity index (χ4v) is 2.80. The van der Waals surface area contributed by atoms with Crippen LogP contribution in [-0.4, -0.2) is 48.4 Å². The molecule has 0 spiro atoms. The minimum absolute atomic E-state index is 0.252. The second-order valence-corrected chi connectivity index (χ2v) is 6.18. The Kier molecular flexibility index (Phi) is 6.56. The van der Waals surface area contributed by atoms with Gasteiger partial charge in [-0.3, -0.25) is 9.69 Å². The molecule has 0 aromatic rings. The summed E-state index contributed by atoms with van der Waals surface area (Å²) in [4.78, 5) is 16.5. The third-order valence-corrected chi connectivity index (χ3v) is 4.23. The van der Waals surface area contributed by atoms with Gasteiger partial charge in [0, 0.05) is 19.6 Å². The van der Waals surface area contributed by atoms with E-state index in [0.717, 1.165) is 37.4 Å².